The molecule has 13 heavy (non-hydrogen) atoms. The Bertz CT molecular complexity index is 181. The van der Waals surface area contributed by atoms with E-state index < -0.39 is 11.9 Å². The lowest BCUT2D eigenvalue weighted by atomic mass is 10.3. The minimum Gasteiger partial charge on any atom is -0.481 e. The van der Waals surface area contributed by atoms with Crippen LogP contribution in [0.25, 0.3) is 0 Å². The van der Waals surface area contributed by atoms with Gasteiger partial charge in [-0.2, -0.15) is 0 Å². The van der Waals surface area contributed by atoms with Gasteiger partial charge in [-0.05, 0) is 12.8 Å². The number of hydrogen-bond donors (Lipinski definition) is 2. The van der Waals surface area contributed by atoms with Gasteiger partial charge in [-0.1, -0.05) is 0 Å². The van der Waals surface area contributed by atoms with Crippen LogP contribution in [-0.2, 0) is 14.4 Å². The average Bonchev–Trinajstić information content (AvgIpc) is 2.84. The van der Waals surface area contributed by atoms with E-state index in [-0.39, 0.29) is 12.8 Å². The highest BCUT2D eigenvalue weighted by Gasteiger charge is 2.18. The Hall–Kier alpha value is -1.39. The van der Waals surface area contributed by atoms with Crippen LogP contribution >= 0.6 is 0 Å². The fourth-order valence-electron chi connectivity index (χ4n) is 0.446. The van der Waals surface area contributed by atoms with Gasteiger partial charge in [0.25, 0.3) is 0 Å². The highest BCUT2D eigenvalue weighted by atomic mass is 16.4. The first-order valence-corrected chi connectivity index (χ1v) is 3.95. The molecule has 0 bridgehead atoms. The van der Waals surface area contributed by atoms with Crippen LogP contribution in [0.15, 0.2) is 0 Å². The second-order valence-corrected chi connectivity index (χ2v) is 2.76. The third-order valence-corrected chi connectivity index (χ3v) is 1.37. The zero-order chi connectivity index (χ0) is 10.3. The van der Waals surface area contributed by atoms with Crippen LogP contribution in [0.1, 0.15) is 25.7 Å². The first kappa shape index (κ1) is 11.6. The summed E-state index contributed by atoms with van der Waals surface area (Å²) in [5, 5.41) is 15.8. The molecule has 0 aromatic rings. The molecule has 0 aliphatic heterocycles. The second-order valence-electron chi connectivity index (χ2n) is 2.76. The van der Waals surface area contributed by atoms with Gasteiger partial charge in [-0.3, -0.25) is 9.59 Å². The molecule has 1 fully saturated rings. The van der Waals surface area contributed by atoms with E-state index in [0.29, 0.717) is 5.92 Å². The lowest BCUT2D eigenvalue weighted by molar-refractivity contribution is -0.143. The van der Waals surface area contributed by atoms with Crippen LogP contribution in [0, 0.1) is 5.92 Å². The van der Waals surface area contributed by atoms with Crippen LogP contribution in [0.2, 0.25) is 0 Å². The molecule has 74 valence electrons. The zero-order valence-electron chi connectivity index (χ0n) is 7.10. The van der Waals surface area contributed by atoms with Crippen molar-refractivity contribution in [3.63, 3.8) is 0 Å². The van der Waals surface area contributed by atoms with Gasteiger partial charge in [0, 0.05) is 5.92 Å². The van der Waals surface area contributed by atoms with Crippen molar-refractivity contribution in [1.29, 1.82) is 0 Å². The molecule has 1 saturated carbocycles. The SMILES string of the molecule is O=C(O)CCC(=O)O.O=CC1CC1. The average molecular weight is 188 g/mol. The predicted molar refractivity (Wildman–Crippen MR) is 43.3 cm³/mol. The van der Waals surface area contributed by atoms with E-state index in [1.807, 2.05) is 0 Å². The smallest absolute Gasteiger partial charge is 0.303 e. The fourth-order valence-corrected chi connectivity index (χ4v) is 0.446. The molecule has 0 atom stereocenters. The summed E-state index contributed by atoms with van der Waals surface area (Å²) in [6, 6.07) is 0. The molecule has 0 radical (unpaired) electrons. The van der Waals surface area contributed by atoms with E-state index in [2.05, 4.69) is 0 Å². The molecule has 0 aromatic heterocycles. The summed E-state index contributed by atoms with van der Waals surface area (Å²) in [4.78, 5) is 28.8. The third-order valence-electron chi connectivity index (χ3n) is 1.37. The van der Waals surface area contributed by atoms with Crippen LogP contribution in [0.5, 0.6) is 0 Å². The maximum atomic E-state index is 9.64. The molecule has 0 unspecified atom stereocenters. The first-order valence-electron chi connectivity index (χ1n) is 3.95. The molecule has 1 aliphatic carbocycles. The third kappa shape index (κ3) is 10.6. The van der Waals surface area contributed by atoms with Crippen molar-refractivity contribution in [1.82, 2.24) is 0 Å². The van der Waals surface area contributed by atoms with Gasteiger partial charge in [0.2, 0.25) is 0 Å². The van der Waals surface area contributed by atoms with Gasteiger partial charge in [-0.25, -0.2) is 0 Å². The lowest BCUT2D eigenvalue weighted by Gasteiger charge is -1.85. The highest BCUT2D eigenvalue weighted by molar-refractivity contribution is 5.75. The molecule has 1 rings (SSSR count). The number of carboxylic acid groups (broad SMARTS) is 2. The molecule has 0 aromatic carbocycles. The summed E-state index contributed by atoms with van der Waals surface area (Å²) in [7, 11) is 0. The molecule has 5 nitrogen and oxygen atoms in total. The number of aldehydes is 1. The number of carbonyl (C=O) groups is 3. The van der Waals surface area contributed by atoms with Crippen molar-refractivity contribution >= 4 is 18.2 Å². The molecule has 0 saturated heterocycles. The van der Waals surface area contributed by atoms with E-state index in [1.165, 1.54) is 0 Å². The zero-order valence-corrected chi connectivity index (χ0v) is 7.10. The van der Waals surface area contributed by atoms with Crippen molar-refractivity contribution in [3.8, 4) is 0 Å². The molecular weight excluding hydrogens is 176 g/mol. The molecule has 0 amide bonds. The first-order chi connectivity index (χ1) is 6.06. The van der Waals surface area contributed by atoms with Crippen LogP contribution in [-0.4, -0.2) is 28.4 Å². The summed E-state index contributed by atoms with van der Waals surface area (Å²) in [6.45, 7) is 0. The van der Waals surface area contributed by atoms with Crippen LogP contribution in [0.4, 0.5) is 0 Å². The van der Waals surface area contributed by atoms with Crippen molar-refractivity contribution in [2.75, 3.05) is 0 Å². The lowest BCUT2D eigenvalue weighted by Crippen LogP contribution is -2.00. The summed E-state index contributed by atoms with van der Waals surface area (Å²) in [6.07, 6.45) is 2.72. The summed E-state index contributed by atoms with van der Waals surface area (Å²) < 4.78 is 0. The predicted octanol–water partition coefficient (Wildman–Crippen LogP) is 0.531. The van der Waals surface area contributed by atoms with E-state index in [0.717, 1.165) is 19.1 Å². The van der Waals surface area contributed by atoms with Gasteiger partial charge in [-0.15, -0.1) is 0 Å². The van der Waals surface area contributed by atoms with Crippen LogP contribution < -0.4 is 0 Å². The van der Waals surface area contributed by atoms with Gasteiger partial charge >= 0.3 is 11.9 Å². The van der Waals surface area contributed by atoms with E-state index in [4.69, 9.17) is 10.2 Å². The number of rotatable bonds is 4. The molecule has 0 heterocycles. The summed E-state index contributed by atoms with van der Waals surface area (Å²) >= 11 is 0. The van der Waals surface area contributed by atoms with Crippen molar-refractivity contribution in [3.05, 3.63) is 0 Å². The van der Waals surface area contributed by atoms with Crippen molar-refractivity contribution in [2.24, 2.45) is 5.92 Å². The van der Waals surface area contributed by atoms with Gasteiger partial charge < -0.3 is 15.0 Å². The van der Waals surface area contributed by atoms with Gasteiger partial charge in [0.15, 0.2) is 0 Å². The van der Waals surface area contributed by atoms with Crippen LogP contribution in [0.3, 0.4) is 0 Å². The number of carboxylic acids is 2. The van der Waals surface area contributed by atoms with E-state index in [1.54, 1.807) is 0 Å². The monoisotopic (exact) mass is 188 g/mol. The minimum atomic E-state index is -1.08. The molecule has 0 spiro atoms. The van der Waals surface area contributed by atoms with Crippen molar-refractivity contribution in [2.45, 2.75) is 25.7 Å². The largest absolute Gasteiger partial charge is 0.481 e. The maximum absolute atomic E-state index is 9.64. The van der Waals surface area contributed by atoms with E-state index in [9.17, 15) is 14.4 Å². The molecule has 5 heteroatoms. The standard InChI is InChI=1S/C4H6O4.C4H6O/c5-3(6)1-2-4(7)8;5-3-4-1-2-4/h1-2H2,(H,5,6)(H,7,8);3-4H,1-2H2. The Kier molecular flexibility index (Phi) is 5.50. The van der Waals surface area contributed by atoms with E-state index >= 15 is 0 Å². The highest BCUT2D eigenvalue weighted by Crippen LogP contribution is 2.25. The minimum absolute atomic E-state index is 0.296. The van der Waals surface area contributed by atoms with Gasteiger partial charge in [0.1, 0.15) is 6.29 Å². The number of hydrogen-bond acceptors (Lipinski definition) is 3. The Morgan fingerprint density at radius 3 is 1.62 bits per heavy atom. The quantitative estimate of drug-likeness (QED) is 0.628. The number of carbonyl (C=O) groups excluding carboxylic acids is 1. The number of aliphatic carboxylic acids is 2. The summed E-state index contributed by atoms with van der Waals surface area (Å²) in [5.41, 5.74) is 0. The Morgan fingerprint density at radius 2 is 1.54 bits per heavy atom. The molecular formula is C8H12O5. The van der Waals surface area contributed by atoms with Gasteiger partial charge in [0.05, 0.1) is 12.8 Å². The Morgan fingerprint density at radius 1 is 1.15 bits per heavy atom. The fraction of sp³-hybridized carbons (Fsp3) is 0.625. The molecule has 1 aliphatic rings. The maximum Gasteiger partial charge on any atom is 0.303 e. The summed E-state index contributed by atoms with van der Waals surface area (Å²) in [5.74, 6) is -1.70. The normalized spacial score (nSPS) is 13.8. The second kappa shape index (κ2) is 6.16. The topological polar surface area (TPSA) is 91.7 Å². The van der Waals surface area contributed by atoms with Crippen molar-refractivity contribution < 1.29 is 24.6 Å². The Labute approximate surface area is 75.4 Å². The molecule has 2 N–H and O–H groups in total. The Balaban J connectivity index is 0.000000243.